The van der Waals surface area contributed by atoms with Crippen LogP contribution in [-0.4, -0.2) is 22.0 Å². The van der Waals surface area contributed by atoms with E-state index >= 15 is 0 Å². The predicted octanol–water partition coefficient (Wildman–Crippen LogP) is 3.48. The molecule has 2 atom stereocenters. The molecule has 3 heteroatoms. The number of thioether (sulfide) groups is 1. The van der Waals surface area contributed by atoms with Crippen LogP contribution in [0, 0.1) is 6.92 Å². The van der Waals surface area contributed by atoms with Crippen molar-refractivity contribution in [2.45, 2.75) is 44.4 Å². The van der Waals surface area contributed by atoms with Gasteiger partial charge < -0.3 is 5.32 Å². The van der Waals surface area contributed by atoms with E-state index in [2.05, 4.69) is 41.1 Å². The summed E-state index contributed by atoms with van der Waals surface area (Å²) < 4.78 is 0. The smallest absolute Gasteiger partial charge is 0.126 e. The van der Waals surface area contributed by atoms with Crippen molar-refractivity contribution < 1.29 is 0 Å². The van der Waals surface area contributed by atoms with Gasteiger partial charge in [0.25, 0.3) is 0 Å². The lowest BCUT2D eigenvalue weighted by atomic mass is 10.2. The van der Waals surface area contributed by atoms with Gasteiger partial charge in [0.05, 0.1) is 0 Å². The fourth-order valence-electron chi connectivity index (χ4n) is 2.29. The van der Waals surface area contributed by atoms with Crippen LogP contribution in [0.15, 0.2) is 18.2 Å². The van der Waals surface area contributed by atoms with Gasteiger partial charge in [-0.15, -0.1) is 0 Å². The Morgan fingerprint density at radius 1 is 1.44 bits per heavy atom. The minimum Gasteiger partial charge on any atom is -0.367 e. The molecule has 88 valence electrons. The summed E-state index contributed by atoms with van der Waals surface area (Å²) in [6, 6.07) is 6.79. The van der Waals surface area contributed by atoms with Gasteiger partial charge in [-0.2, -0.15) is 11.8 Å². The standard InChI is InChI=1S/C13H20N2S/c1-3-16-12-8-7-11(9-12)15-13-6-4-5-10(2)14-13/h4-6,11-12H,3,7-9H2,1-2H3,(H,14,15). The Morgan fingerprint density at radius 2 is 2.31 bits per heavy atom. The van der Waals surface area contributed by atoms with E-state index in [-0.39, 0.29) is 0 Å². The van der Waals surface area contributed by atoms with Crippen LogP contribution in [0.25, 0.3) is 0 Å². The van der Waals surface area contributed by atoms with Crippen molar-refractivity contribution in [3.05, 3.63) is 23.9 Å². The van der Waals surface area contributed by atoms with Crippen LogP contribution in [0.4, 0.5) is 5.82 Å². The molecule has 1 aromatic heterocycles. The molecule has 1 heterocycles. The van der Waals surface area contributed by atoms with Gasteiger partial charge in [-0.25, -0.2) is 4.98 Å². The molecule has 2 nitrogen and oxygen atoms in total. The molecule has 2 unspecified atom stereocenters. The summed E-state index contributed by atoms with van der Waals surface area (Å²) in [5.74, 6) is 2.27. The van der Waals surface area contributed by atoms with E-state index < -0.39 is 0 Å². The topological polar surface area (TPSA) is 24.9 Å². The minimum absolute atomic E-state index is 0.623. The van der Waals surface area contributed by atoms with E-state index in [1.807, 2.05) is 13.0 Å². The molecule has 0 aromatic carbocycles. The van der Waals surface area contributed by atoms with Crippen molar-refractivity contribution in [2.24, 2.45) is 0 Å². The third-order valence-corrected chi connectivity index (χ3v) is 4.26. The second-order valence-electron chi connectivity index (χ2n) is 4.40. The number of hydrogen-bond acceptors (Lipinski definition) is 3. The third-order valence-electron chi connectivity index (χ3n) is 3.03. The first-order valence-electron chi connectivity index (χ1n) is 6.09. The van der Waals surface area contributed by atoms with Crippen molar-refractivity contribution in [2.75, 3.05) is 11.1 Å². The quantitative estimate of drug-likeness (QED) is 0.866. The molecule has 1 fully saturated rings. The molecule has 0 radical (unpaired) electrons. The van der Waals surface area contributed by atoms with Crippen LogP contribution >= 0.6 is 11.8 Å². The summed E-state index contributed by atoms with van der Waals surface area (Å²) in [6.45, 7) is 4.28. The summed E-state index contributed by atoms with van der Waals surface area (Å²) in [6.07, 6.45) is 3.92. The highest BCUT2D eigenvalue weighted by atomic mass is 32.2. The highest BCUT2D eigenvalue weighted by Crippen LogP contribution is 2.31. The Morgan fingerprint density at radius 3 is 3.06 bits per heavy atom. The average molecular weight is 236 g/mol. The van der Waals surface area contributed by atoms with Crippen LogP contribution in [0.5, 0.6) is 0 Å². The molecule has 1 aromatic rings. The van der Waals surface area contributed by atoms with E-state index in [9.17, 15) is 0 Å². The Bertz CT molecular complexity index is 340. The molecule has 2 rings (SSSR count). The molecular formula is C13H20N2S. The van der Waals surface area contributed by atoms with E-state index in [0.29, 0.717) is 6.04 Å². The Kier molecular flexibility index (Phi) is 4.10. The Balaban J connectivity index is 1.87. The van der Waals surface area contributed by atoms with Gasteiger partial charge in [0.2, 0.25) is 0 Å². The molecule has 1 aliphatic carbocycles. The van der Waals surface area contributed by atoms with Crippen molar-refractivity contribution in [3.63, 3.8) is 0 Å². The van der Waals surface area contributed by atoms with Crippen molar-refractivity contribution in [1.29, 1.82) is 0 Å². The summed E-state index contributed by atoms with van der Waals surface area (Å²) in [5, 5.41) is 4.40. The number of rotatable bonds is 4. The van der Waals surface area contributed by atoms with Gasteiger partial charge >= 0.3 is 0 Å². The molecule has 0 amide bonds. The maximum Gasteiger partial charge on any atom is 0.126 e. The number of pyridine rings is 1. The molecule has 0 bridgehead atoms. The van der Waals surface area contributed by atoms with Crippen LogP contribution < -0.4 is 5.32 Å². The fraction of sp³-hybridized carbons (Fsp3) is 0.615. The zero-order valence-corrected chi connectivity index (χ0v) is 10.9. The van der Waals surface area contributed by atoms with Crippen LogP contribution in [0.2, 0.25) is 0 Å². The molecule has 0 aliphatic heterocycles. The lowest BCUT2D eigenvalue weighted by Gasteiger charge is -2.13. The van der Waals surface area contributed by atoms with Crippen LogP contribution in [-0.2, 0) is 0 Å². The monoisotopic (exact) mass is 236 g/mol. The molecule has 16 heavy (non-hydrogen) atoms. The van der Waals surface area contributed by atoms with Crippen molar-refractivity contribution >= 4 is 17.6 Å². The molecular weight excluding hydrogens is 216 g/mol. The third kappa shape index (κ3) is 3.14. The second kappa shape index (κ2) is 5.58. The lowest BCUT2D eigenvalue weighted by molar-refractivity contribution is 0.751. The summed E-state index contributed by atoms with van der Waals surface area (Å²) in [4.78, 5) is 4.49. The summed E-state index contributed by atoms with van der Waals surface area (Å²) in [7, 11) is 0. The van der Waals surface area contributed by atoms with E-state index in [0.717, 1.165) is 16.8 Å². The molecule has 1 aliphatic rings. The zero-order valence-electron chi connectivity index (χ0n) is 10.1. The fourth-order valence-corrected chi connectivity index (χ4v) is 3.43. The highest BCUT2D eigenvalue weighted by Gasteiger charge is 2.24. The Labute approximate surface area is 102 Å². The molecule has 1 saturated carbocycles. The summed E-state index contributed by atoms with van der Waals surface area (Å²) in [5.41, 5.74) is 1.09. The second-order valence-corrected chi connectivity index (χ2v) is 5.97. The van der Waals surface area contributed by atoms with Crippen molar-refractivity contribution in [1.82, 2.24) is 4.98 Å². The number of hydrogen-bond donors (Lipinski definition) is 1. The highest BCUT2D eigenvalue weighted by molar-refractivity contribution is 7.99. The van der Waals surface area contributed by atoms with Gasteiger partial charge in [-0.1, -0.05) is 13.0 Å². The maximum atomic E-state index is 4.49. The molecule has 0 saturated heterocycles. The zero-order chi connectivity index (χ0) is 11.4. The van der Waals surface area contributed by atoms with E-state index in [4.69, 9.17) is 0 Å². The average Bonchev–Trinajstić information content (AvgIpc) is 2.66. The van der Waals surface area contributed by atoms with Gasteiger partial charge in [0.1, 0.15) is 5.82 Å². The molecule has 0 spiro atoms. The van der Waals surface area contributed by atoms with E-state index in [1.54, 1.807) is 0 Å². The van der Waals surface area contributed by atoms with Crippen molar-refractivity contribution in [3.8, 4) is 0 Å². The number of anilines is 1. The van der Waals surface area contributed by atoms with Gasteiger partial charge in [0.15, 0.2) is 0 Å². The first-order chi connectivity index (χ1) is 7.78. The van der Waals surface area contributed by atoms with Crippen LogP contribution in [0.3, 0.4) is 0 Å². The maximum absolute atomic E-state index is 4.49. The van der Waals surface area contributed by atoms with Gasteiger partial charge in [-0.05, 0) is 44.1 Å². The summed E-state index contributed by atoms with van der Waals surface area (Å²) >= 11 is 2.10. The number of nitrogens with one attached hydrogen (secondary N) is 1. The van der Waals surface area contributed by atoms with Gasteiger partial charge in [-0.3, -0.25) is 0 Å². The number of nitrogens with zero attached hydrogens (tertiary/aromatic N) is 1. The van der Waals surface area contributed by atoms with Gasteiger partial charge in [0, 0.05) is 17.0 Å². The lowest BCUT2D eigenvalue weighted by Crippen LogP contribution is -2.17. The van der Waals surface area contributed by atoms with Crippen LogP contribution in [0.1, 0.15) is 31.9 Å². The number of aryl methyl sites for hydroxylation is 1. The minimum atomic E-state index is 0.623. The normalized spacial score (nSPS) is 24.6. The first-order valence-corrected chi connectivity index (χ1v) is 7.14. The molecule has 1 N–H and O–H groups in total. The number of aromatic nitrogens is 1. The Hall–Kier alpha value is -0.700. The largest absolute Gasteiger partial charge is 0.367 e. The first kappa shape index (κ1) is 11.8. The predicted molar refractivity (Wildman–Crippen MR) is 72.2 cm³/mol. The SMILES string of the molecule is CCSC1CCC(Nc2cccc(C)n2)C1. The van der Waals surface area contributed by atoms with E-state index in [1.165, 1.54) is 25.0 Å².